The Balaban J connectivity index is 2.48. The van der Waals surface area contributed by atoms with Crippen LogP contribution >= 0.6 is 0 Å². The summed E-state index contributed by atoms with van der Waals surface area (Å²) in [4.78, 5) is 15.9. The van der Waals surface area contributed by atoms with E-state index in [4.69, 9.17) is 5.84 Å². The maximum Gasteiger partial charge on any atom is 0.270 e. The number of nitrogens with two attached hydrogens (primary N) is 1. The number of hydrazine groups is 1. The number of carbonyl (C=O) groups excluding carboxylic acids is 1. The molecule has 4 N–H and O–H groups in total. The Kier molecular flexibility index (Phi) is 6.14. The second-order valence-electron chi connectivity index (χ2n) is 4.44. The van der Waals surface area contributed by atoms with Crippen LogP contribution in [0, 0.1) is 0 Å². The zero-order chi connectivity index (χ0) is 13.4. The number of nitrogen functional groups attached to an aromatic ring is 1. The minimum absolute atomic E-state index is 0.156. The van der Waals surface area contributed by atoms with Gasteiger partial charge in [-0.15, -0.1) is 0 Å². The fourth-order valence-electron chi connectivity index (χ4n) is 1.71. The van der Waals surface area contributed by atoms with Crippen molar-refractivity contribution in [1.82, 2.24) is 10.3 Å². The number of unbranched alkanes of at least 4 members (excludes halogenated alkanes) is 2. The summed E-state index contributed by atoms with van der Waals surface area (Å²) in [7, 11) is 0. The molecule has 0 aliphatic carbocycles. The SMILES string of the molecule is CCCCCC(C)NC(=O)c1cc(NN)ccn1. The molecule has 0 spiro atoms. The van der Waals surface area contributed by atoms with E-state index in [1.54, 1.807) is 18.3 Å². The first kappa shape index (κ1) is 14.4. The van der Waals surface area contributed by atoms with Gasteiger partial charge in [-0.05, 0) is 25.5 Å². The zero-order valence-electron chi connectivity index (χ0n) is 11.1. The minimum atomic E-state index is -0.156. The minimum Gasteiger partial charge on any atom is -0.348 e. The predicted molar refractivity (Wildman–Crippen MR) is 73.1 cm³/mol. The number of nitrogens with zero attached hydrogens (tertiary/aromatic N) is 1. The molecule has 1 aromatic rings. The first-order valence-electron chi connectivity index (χ1n) is 6.41. The van der Waals surface area contributed by atoms with E-state index in [9.17, 15) is 4.79 Å². The molecule has 5 heteroatoms. The summed E-state index contributed by atoms with van der Waals surface area (Å²) in [5.41, 5.74) is 3.55. The van der Waals surface area contributed by atoms with Crippen molar-refractivity contribution in [2.75, 3.05) is 5.43 Å². The van der Waals surface area contributed by atoms with Gasteiger partial charge in [0.1, 0.15) is 5.69 Å². The van der Waals surface area contributed by atoms with Crippen molar-refractivity contribution >= 4 is 11.6 Å². The van der Waals surface area contributed by atoms with Crippen molar-refractivity contribution in [2.45, 2.75) is 45.6 Å². The zero-order valence-corrected chi connectivity index (χ0v) is 11.1. The number of hydrogen-bond acceptors (Lipinski definition) is 4. The molecular formula is C13H22N4O. The highest BCUT2D eigenvalue weighted by Crippen LogP contribution is 2.07. The van der Waals surface area contributed by atoms with Gasteiger partial charge in [0, 0.05) is 12.2 Å². The number of anilines is 1. The van der Waals surface area contributed by atoms with Crippen molar-refractivity contribution in [3.05, 3.63) is 24.0 Å². The molecule has 0 bridgehead atoms. The molecule has 0 saturated carbocycles. The van der Waals surface area contributed by atoms with Gasteiger partial charge in [0.05, 0.1) is 5.69 Å². The largest absolute Gasteiger partial charge is 0.348 e. The third kappa shape index (κ3) is 4.71. The molecular weight excluding hydrogens is 228 g/mol. The maximum absolute atomic E-state index is 11.9. The summed E-state index contributed by atoms with van der Waals surface area (Å²) < 4.78 is 0. The molecule has 1 atom stereocenters. The highest BCUT2D eigenvalue weighted by atomic mass is 16.1. The Morgan fingerprint density at radius 2 is 2.28 bits per heavy atom. The average Bonchev–Trinajstić information content (AvgIpc) is 2.39. The Labute approximate surface area is 108 Å². The van der Waals surface area contributed by atoms with E-state index in [0.717, 1.165) is 12.8 Å². The molecule has 1 aromatic heterocycles. The number of amides is 1. The van der Waals surface area contributed by atoms with Crippen molar-refractivity contribution < 1.29 is 4.79 Å². The summed E-state index contributed by atoms with van der Waals surface area (Å²) in [5.74, 6) is 5.14. The van der Waals surface area contributed by atoms with Crippen molar-refractivity contribution in [2.24, 2.45) is 5.84 Å². The van der Waals surface area contributed by atoms with Crippen LogP contribution in [0.2, 0.25) is 0 Å². The van der Waals surface area contributed by atoms with Gasteiger partial charge in [-0.3, -0.25) is 15.6 Å². The van der Waals surface area contributed by atoms with Gasteiger partial charge in [0.15, 0.2) is 0 Å². The van der Waals surface area contributed by atoms with Gasteiger partial charge in [-0.1, -0.05) is 26.2 Å². The lowest BCUT2D eigenvalue weighted by molar-refractivity contribution is 0.0933. The third-order valence-electron chi connectivity index (χ3n) is 2.78. The molecule has 100 valence electrons. The highest BCUT2D eigenvalue weighted by molar-refractivity contribution is 5.93. The van der Waals surface area contributed by atoms with Crippen LogP contribution in [-0.2, 0) is 0 Å². The molecule has 0 radical (unpaired) electrons. The normalized spacial score (nSPS) is 11.9. The van der Waals surface area contributed by atoms with Gasteiger partial charge in [-0.2, -0.15) is 0 Å². The van der Waals surface area contributed by atoms with Crippen LogP contribution in [-0.4, -0.2) is 16.9 Å². The summed E-state index contributed by atoms with van der Waals surface area (Å²) in [6, 6.07) is 3.51. The van der Waals surface area contributed by atoms with Gasteiger partial charge < -0.3 is 10.7 Å². The molecule has 0 fully saturated rings. The average molecular weight is 250 g/mol. The number of carbonyl (C=O) groups is 1. The Morgan fingerprint density at radius 3 is 2.94 bits per heavy atom. The molecule has 0 aliphatic rings. The molecule has 0 aliphatic heterocycles. The van der Waals surface area contributed by atoms with Crippen LogP contribution in [0.3, 0.4) is 0 Å². The van der Waals surface area contributed by atoms with Crippen molar-refractivity contribution in [1.29, 1.82) is 0 Å². The van der Waals surface area contributed by atoms with Crippen LogP contribution in [0.15, 0.2) is 18.3 Å². The van der Waals surface area contributed by atoms with Crippen LogP contribution in [0.25, 0.3) is 0 Å². The van der Waals surface area contributed by atoms with E-state index in [2.05, 4.69) is 22.7 Å². The molecule has 18 heavy (non-hydrogen) atoms. The van der Waals surface area contributed by atoms with E-state index in [-0.39, 0.29) is 11.9 Å². The topological polar surface area (TPSA) is 80.0 Å². The first-order valence-corrected chi connectivity index (χ1v) is 6.41. The van der Waals surface area contributed by atoms with Crippen molar-refractivity contribution in [3.63, 3.8) is 0 Å². The lowest BCUT2D eigenvalue weighted by atomic mass is 10.1. The van der Waals surface area contributed by atoms with Gasteiger partial charge >= 0.3 is 0 Å². The van der Waals surface area contributed by atoms with Crippen LogP contribution in [0.5, 0.6) is 0 Å². The third-order valence-corrected chi connectivity index (χ3v) is 2.78. The Bertz CT molecular complexity index is 381. The molecule has 1 rings (SSSR count). The maximum atomic E-state index is 11.9. The lowest BCUT2D eigenvalue weighted by Crippen LogP contribution is -2.33. The Hall–Kier alpha value is -1.62. The number of aromatic nitrogens is 1. The second kappa shape index (κ2) is 7.66. The number of hydrogen-bond donors (Lipinski definition) is 3. The summed E-state index contributed by atoms with van der Waals surface area (Å²) >= 11 is 0. The lowest BCUT2D eigenvalue weighted by Gasteiger charge is -2.13. The van der Waals surface area contributed by atoms with Gasteiger partial charge in [0.2, 0.25) is 0 Å². The molecule has 0 aromatic carbocycles. The first-order chi connectivity index (χ1) is 8.67. The van der Waals surface area contributed by atoms with Crippen LogP contribution < -0.4 is 16.6 Å². The quantitative estimate of drug-likeness (QED) is 0.393. The number of pyridine rings is 1. The highest BCUT2D eigenvalue weighted by Gasteiger charge is 2.11. The molecule has 1 heterocycles. The van der Waals surface area contributed by atoms with E-state index in [0.29, 0.717) is 11.4 Å². The number of rotatable bonds is 7. The summed E-state index contributed by atoms with van der Waals surface area (Å²) in [6.45, 7) is 4.18. The smallest absolute Gasteiger partial charge is 0.270 e. The van der Waals surface area contributed by atoms with Gasteiger partial charge in [-0.25, -0.2) is 0 Å². The molecule has 0 saturated heterocycles. The van der Waals surface area contributed by atoms with E-state index < -0.39 is 0 Å². The monoisotopic (exact) mass is 250 g/mol. The Morgan fingerprint density at radius 1 is 1.50 bits per heavy atom. The fourth-order valence-corrected chi connectivity index (χ4v) is 1.71. The van der Waals surface area contributed by atoms with Crippen LogP contribution in [0.1, 0.15) is 50.0 Å². The molecule has 5 nitrogen and oxygen atoms in total. The van der Waals surface area contributed by atoms with Crippen molar-refractivity contribution in [3.8, 4) is 0 Å². The van der Waals surface area contributed by atoms with Crippen LogP contribution in [0.4, 0.5) is 5.69 Å². The number of nitrogens with one attached hydrogen (secondary N) is 2. The second-order valence-corrected chi connectivity index (χ2v) is 4.44. The molecule has 1 unspecified atom stereocenters. The summed E-state index contributed by atoms with van der Waals surface area (Å²) in [5, 5.41) is 2.94. The van der Waals surface area contributed by atoms with Gasteiger partial charge in [0.25, 0.3) is 5.91 Å². The molecule has 1 amide bonds. The van der Waals surface area contributed by atoms with E-state index in [1.165, 1.54) is 12.8 Å². The predicted octanol–water partition coefficient (Wildman–Crippen LogP) is 2.07. The van der Waals surface area contributed by atoms with E-state index >= 15 is 0 Å². The summed E-state index contributed by atoms with van der Waals surface area (Å²) in [6.07, 6.45) is 6.08. The van der Waals surface area contributed by atoms with E-state index in [1.807, 2.05) is 6.92 Å². The standard InChI is InChI=1S/C13H22N4O/c1-3-4-5-6-10(2)16-13(18)12-9-11(17-14)7-8-15-12/h7-10H,3-6,14H2,1-2H3,(H,15,17)(H,16,18). The fraction of sp³-hybridized carbons (Fsp3) is 0.538.